The first-order valence-corrected chi connectivity index (χ1v) is 7.51. The smallest absolute Gasteiger partial charge is 0.292 e. The Labute approximate surface area is 125 Å². The molecule has 0 aliphatic carbocycles. The molecule has 2 aliphatic heterocycles. The van der Waals surface area contributed by atoms with Crippen LogP contribution in [0.3, 0.4) is 0 Å². The number of ether oxygens (including phenoxy) is 1. The summed E-state index contributed by atoms with van der Waals surface area (Å²) in [6.45, 7) is 2.89. The topological polar surface area (TPSA) is 51.1 Å². The molecule has 0 aromatic heterocycles. The van der Waals surface area contributed by atoms with Gasteiger partial charge in [-0.2, -0.15) is 0 Å². The Morgan fingerprint density at radius 1 is 1.25 bits per heavy atom. The molecule has 0 radical (unpaired) electrons. The van der Waals surface area contributed by atoms with Crippen molar-refractivity contribution in [1.29, 1.82) is 0 Å². The van der Waals surface area contributed by atoms with Gasteiger partial charge in [-0.05, 0) is 18.2 Å². The maximum absolute atomic E-state index is 12.6. The molecule has 2 amide bonds. The number of amides is 2. The molecule has 0 bridgehead atoms. The number of benzene rings is 1. The zero-order valence-corrected chi connectivity index (χ0v) is 12.6. The molecule has 0 saturated carbocycles. The summed E-state index contributed by atoms with van der Waals surface area (Å²) in [5, 5.41) is 0. The van der Waals surface area contributed by atoms with Crippen molar-refractivity contribution in [1.82, 2.24) is 0 Å². The van der Waals surface area contributed by atoms with E-state index in [4.69, 9.17) is 4.74 Å². The first-order valence-electron chi connectivity index (χ1n) is 6.71. The van der Waals surface area contributed by atoms with Crippen LogP contribution in [-0.2, 0) is 14.3 Å². The van der Waals surface area contributed by atoms with Crippen LogP contribution < -0.4 is 9.80 Å². The Hall–Kier alpha value is -1.24. The summed E-state index contributed by atoms with van der Waals surface area (Å²) >= 11 is 3.37. The van der Waals surface area contributed by atoms with Crippen LogP contribution >= 0.6 is 15.9 Å². The lowest BCUT2D eigenvalue weighted by atomic mass is 10.2. The molecule has 20 heavy (non-hydrogen) atoms. The third-order valence-corrected chi connectivity index (χ3v) is 4.33. The van der Waals surface area contributed by atoms with Gasteiger partial charge in [0.1, 0.15) is 13.1 Å². The Bertz CT molecular complexity index is 543. The monoisotopic (exact) mass is 339 g/mol. The van der Waals surface area contributed by atoms with E-state index in [-0.39, 0.29) is 17.9 Å². The Morgan fingerprint density at radius 3 is 2.70 bits per heavy atom. The zero-order valence-electron chi connectivity index (χ0n) is 11.0. The largest absolute Gasteiger partial charge is 0.370 e. The maximum Gasteiger partial charge on any atom is 0.292 e. The average molecular weight is 340 g/mol. The lowest BCUT2D eigenvalue weighted by molar-refractivity contribution is -0.922. The zero-order chi connectivity index (χ0) is 14.1. The molecule has 1 atom stereocenters. The van der Waals surface area contributed by atoms with Gasteiger partial charge < -0.3 is 9.64 Å². The number of hydrogen-bond donors (Lipinski definition) is 1. The fraction of sp³-hybridized carbons (Fsp3) is 0.429. The predicted octanol–water partition coefficient (Wildman–Crippen LogP) is -0.00390. The fourth-order valence-corrected chi connectivity index (χ4v) is 3.21. The molecule has 3 rings (SSSR count). The average Bonchev–Trinajstić information content (AvgIpc) is 2.75. The second kappa shape index (κ2) is 5.63. The third kappa shape index (κ3) is 2.51. The van der Waals surface area contributed by atoms with Gasteiger partial charge in [0.05, 0.1) is 25.3 Å². The first kappa shape index (κ1) is 13.7. The van der Waals surface area contributed by atoms with E-state index in [9.17, 15) is 9.59 Å². The number of carbonyl (C=O) groups is 2. The van der Waals surface area contributed by atoms with Crippen molar-refractivity contribution in [3.05, 3.63) is 28.7 Å². The van der Waals surface area contributed by atoms with Crippen molar-refractivity contribution >= 4 is 33.4 Å². The van der Waals surface area contributed by atoms with Gasteiger partial charge in [-0.25, -0.2) is 4.90 Å². The molecule has 6 heteroatoms. The second-order valence-electron chi connectivity index (χ2n) is 5.07. The number of imide groups is 1. The quantitative estimate of drug-likeness (QED) is 0.771. The van der Waals surface area contributed by atoms with E-state index in [0.717, 1.165) is 22.5 Å². The van der Waals surface area contributed by atoms with E-state index in [1.165, 1.54) is 4.90 Å². The van der Waals surface area contributed by atoms with Gasteiger partial charge in [-0.3, -0.25) is 9.59 Å². The lowest BCUT2D eigenvalue weighted by Gasteiger charge is -2.27. The standard InChI is InChI=1S/C14H15BrN2O3/c15-10-2-1-3-11(8-10)17-13(18)9-12(14(17)19)16-4-6-20-7-5-16/h1-3,8,12H,4-7,9H2/p+1. The van der Waals surface area contributed by atoms with E-state index < -0.39 is 0 Å². The van der Waals surface area contributed by atoms with Crippen LogP contribution in [0.25, 0.3) is 0 Å². The van der Waals surface area contributed by atoms with E-state index in [1.54, 1.807) is 12.1 Å². The molecule has 0 spiro atoms. The van der Waals surface area contributed by atoms with Crippen LogP contribution in [0.15, 0.2) is 28.7 Å². The highest BCUT2D eigenvalue weighted by Gasteiger charge is 2.46. The molecule has 1 aromatic rings. The minimum Gasteiger partial charge on any atom is -0.370 e. The molecule has 2 aliphatic rings. The highest BCUT2D eigenvalue weighted by atomic mass is 79.9. The lowest BCUT2D eigenvalue weighted by Crippen LogP contribution is -3.18. The summed E-state index contributed by atoms with van der Waals surface area (Å²) in [6.07, 6.45) is 0.292. The molecular weight excluding hydrogens is 324 g/mol. The molecule has 1 aromatic carbocycles. The highest BCUT2D eigenvalue weighted by molar-refractivity contribution is 9.10. The van der Waals surface area contributed by atoms with Gasteiger partial charge in [0, 0.05) is 4.47 Å². The summed E-state index contributed by atoms with van der Waals surface area (Å²) < 4.78 is 6.17. The number of quaternary nitrogens is 1. The van der Waals surface area contributed by atoms with E-state index in [0.29, 0.717) is 25.3 Å². The summed E-state index contributed by atoms with van der Waals surface area (Å²) in [6, 6.07) is 7.03. The van der Waals surface area contributed by atoms with E-state index in [2.05, 4.69) is 15.9 Å². The van der Waals surface area contributed by atoms with Gasteiger partial charge in [-0.15, -0.1) is 0 Å². The summed E-state index contributed by atoms with van der Waals surface area (Å²) in [4.78, 5) is 27.2. The summed E-state index contributed by atoms with van der Waals surface area (Å²) in [5.74, 6) is -0.206. The van der Waals surface area contributed by atoms with E-state index in [1.807, 2.05) is 12.1 Å². The Kier molecular flexibility index (Phi) is 3.87. The highest BCUT2D eigenvalue weighted by Crippen LogP contribution is 2.24. The van der Waals surface area contributed by atoms with Crippen molar-refractivity contribution in [3.8, 4) is 0 Å². The van der Waals surface area contributed by atoms with Crippen LogP contribution in [-0.4, -0.2) is 44.2 Å². The van der Waals surface area contributed by atoms with E-state index >= 15 is 0 Å². The Balaban J connectivity index is 1.83. The fourth-order valence-electron chi connectivity index (χ4n) is 2.82. The third-order valence-electron chi connectivity index (χ3n) is 3.84. The second-order valence-corrected chi connectivity index (χ2v) is 5.99. The van der Waals surface area contributed by atoms with Crippen LogP contribution in [0.4, 0.5) is 5.69 Å². The van der Waals surface area contributed by atoms with Gasteiger partial charge >= 0.3 is 0 Å². The number of nitrogens with zero attached hydrogens (tertiary/aromatic N) is 1. The van der Waals surface area contributed by atoms with Crippen LogP contribution in [0, 0.1) is 0 Å². The number of morpholine rings is 1. The normalized spacial score (nSPS) is 24.4. The molecule has 2 saturated heterocycles. The number of carbonyl (C=O) groups excluding carboxylic acids is 2. The minimum atomic E-state index is -0.259. The number of hydrogen-bond acceptors (Lipinski definition) is 3. The molecule has 5 nitrogen and oxygen atoms in total. The predicted molar refractivity (Wildman–Crippen MR) is 76.6 cm³/mol. The van der Waals surface area contributed by atoms with Gasteiger partial charge in [0.2, 0.25) is 5.91 Å². The number of halogens is 1. The van der Waals surface area contributed by atoms with Crippen molar-refractivity contribution in [3.63, 3.8) is 0 Å². The van der Waals surface area contributed by atoms with Crippen molar-refractivity contribution < 1.29 is 19.2 Å². The van der Waals surface area contributed by atoms with Crippen LogP contribution in [0.5, 0.6) is 0 Å². The van der Waals surface area contributed by atoms with Crippen LogP contribution in [0.2, 0.25) is 0 Å². The van der Waals surface area contributed by atoms with Gasteiger partial charge in [0.15, 0.2) is 6.04 Å². The summed E-state index contributed by atoms with van der Waals surface area (Å²) in [5.41, 5.74) is 0.643. The SMILES string of the molecule is O=C1CC([NH+]2CCOCC2)C(=O)N1c1cccc(Br)c1. The maximum atomic E-state index is 12.6. The van der Waals surface area contributed by atoms with Crippen molar-refractivity contribution in [2.75, 3.05) is 31.2 Å². The number of rotatable bonds is 2. The molecule has 106 valence electrons. The number of anilines is 1. The molecule has 1 N–H and O–H groups in total. The van der Waals surface area contributed by atoms with Gasteiger partial charge in [0.25, 0.3) is 5.91 Å². The minimum absolute atomic E-state index is 0.0926. The van der Waals surface area contributed by atoms with Crippen LogP contribution in [0.1, 0.15) is 6.42 Å². The van der Waals surface area contributed by atoms with Crippen molar-refractivity contribution in [2.45, 2.75) is 12.5 Å². The summed E-state index contributed by atoms with van der Waals surface area (Å²) in [7, 11) is 0. The number of nitrogens with one attached hydrogen (secondary N) is 1. The molecule has 2 fully saturated rings. The molecule has 1 unspecified atom stereocenters. The molecule has 2 heterocycles. The Morgan fingerprint density at radius 2 is 2.00 bits per heavy atom. The van der Waals surface area contributed by atoms with Gasteiger partial charge in [-0.1, -0.05) is 22.0 Å². The molecular formula is C14H16BrN2O3+. The van der Waals surface area contributed by atoms with Crippen molar-refractivity contribution in [2.24, 2.45) is 0 Å². The first-order chi connectivity index (χ1) is 9.66.